The molecule has 1 unspecified atom stereocenters. The van der Waals surface area contributed by atoms with Gasteiger partial charge in [-0.1, -0.05) is 29.3 Å². The normalized spacial score (nSPS) is 16.0. The number of rotatable bonds is 7. The van der Waals surface area contributed by atoms with Gasteiger partial charge in [0.25, 0.3) is 0 Å². The van der Waals surface area contributed by atoms with Crippen LogP contribution in [0.2, 0.25) is 0 Å². The van der Waals surface area contributed by atoms with Crippen LogP contribution < -0.4 is 9.62 Å². The molecule has 1 aromatic carbocycles. The van der Waals surface area contributed by atoms with Crippen LogP contribution in [0.1, 0.15) is 44.6 Å². The summed E-state index contributed by atoms with van der Waals surface area (Å²) in [5.41, 5.74) is 2.93. The Bertz CT molecular complexity index is 724. The second kappa shape index (κ2) is 8.52. The van der Waals surface area contributed by atoms with Gasteiger partial charge in [0.15, 0.2) is 0 Å². The Labute approximate surface area is 151 Å². The van der Waals surface area contributed by atoms with E-state index in [0.29, 0.717) is 12.2 Å². The number of anilines is 1. The van der Waals surface area contributed by atoms with Gasteiger partial charge in [0, 0.05) is 6.54 Å². The zero-order valence-corrected chi connectivity index (χ0v) is 16.1. The van der Waals surface area contributed by atoms with Crippen LogP contribution in [0.25, 0.3) is 0 Å². The molecule has 1 atom stereocenters. The molecule has 0 saturated carbocycles. The maximum Gasteiger partial charge on any atom is 0.243 e. The summed E-state index contributed by atoms with van der Waals surface area (Å²) < 4.78 is 25.6. The summed E-state index contributed by atoms with van der Waals surface area (Å²) in [5.74, 6) is -0.276. The third-order valence-corrected chi connectivity index (χ3v) is 5.75. The first-order valence-corrected chi connectivity index (χ1v) is 10.7. The zero-order chi connectivity index (χ0) is 18.4. The van der Waals surface area contributed by atoms with Crippen molar-refractivity contribution >= 4 is 21.6 Å². The Morgan fingerprint density at radius 2 is 1.92 bits per heavy atom. The maximum atomic E-state index is 12.5. The van der Waals surface area contributed by atoms with E-state index in [2.05, 4.69) is 11.4 Å². The number of nitrogens with zero attached hydrogens (tertiary/aromatic N) is 1. The highest BCUT2D eigenvalue weighted by Gasteiger charge is 2.28. The molecule has 0 fully saturated rings. The van der Waals surface area contributed by atoms with Crippen LogP contribution in [0.3, 0.4) is 0 Å². The van der Waals surface area contributed by atoms with Crippen LogP contribution >= 0.6 is 0 Å². The van der Waals surface area contributed by atoms with Crippen molar-refractivity contribution in [2.24, 2.45) is 0 Å². The van der Waals surface area contributed by atoms with E-state index in [-0.39, 0.29) is 5.91 Å². The fraction of sp³-hybridized carbons (Fsp3) is 0.526. The van der Waals surface area contributed by atoms with Gasteiger partial charge in [-0.25, -0.2) is 8.42 Å². The number of hydrogen-bond donors (Lipinski definition) is 1. The van der Waals surface area contributed by atoms with Gasteiger partial charge in [-0.2, -0.15) is 0 Å². The van der Waals surface area contributed by atoms with E-state index in [1.165, 1.54) is 22.7 Å². The molecule has 0 spiro atoms. The van der Waals surface area contributed by atoms with Crippen molar-refractivity contribution in [2.45, 2.75) is 52.0 Å². The number of carbonyl (C=O) groups excluding carboxylic acids is 1. The molecular weight excluding hydrogens is 336 g/mol. The third-order valence-electron chi connectivity index (χ3n) is 4.51. The highest BCUT2D eigenvalue weighted by molar-refractivity contribution is 7.92. The summed E-state index contributed by atoms with van der Waals surface area (Å²) in [6.45, 7) is 4.10. The predicted molar refractivity (Wildman–Crippen MR) is 102 cm³/mol. The van der Waals surface area contributed by atoms with Crippen molar-refractivity contribution in [3.05, 3.63) is 41.5 Å². The molecule has 0 heterocycles. The number of aryl methyl sites for hydroxylation is 1. The average molecular weight is 365 g/mol. The molecule has 1 aliphatic carbocycles. The largest absolute Gasteiger partial charge is 0.354 e. The van der Waals surface area contributed by atoms with E-state index < -0.39 is 16.1 Å². The number of sulfonamides is 1. The van der Waals surface area contributed by atoms with E-state index in [9.17, 15) is 13.2 Å². The monoisotopic (exact) mass is 364 g/mol. The minimum Gasteiger partial charge on any atom is -0.354 e. The standard InChI is InChI=1S/C19H28N2O3S/c1-15-9-11-18(12-10-15)21(25(3,23)24)16(2)19(22)20-14-13-17-7-5-4-6-8-17/h7,9-12,16H,4-6,8,13-14H2,1-3H3,(H,20,22). The number of hydrogen-bond acceptors (Lipinski definition) is 3. The summed E-state index contributed by atoms with van der Waals surface area (Å²) in [7, 11) is -3.56. The molecule has 1 aromatic rings. The van der Waals surface area contributed by atoms with Crippen LogP contribution in [0.4, 0.5) is 5.69 Å². The van der Waals surface area contributed by atoms with Gasteiger partial charge in [-0.15, -0.1) is 0 Å². The lowest BCUT2D eigenvalue weighted by Crippen LogP contribution is -2.48. The Balaban J connectivity index is 2.02. The summed E-state index contributed by atoms with van der Waals surface area (Å²) in [6.07, 6.45) is 8.90. The molecular formula is C19H28N2O3S. The maximum absolute atomic E-state index is 12.5. The van der Waals surface area contributed by atoms with Gasteiger partial charge >= 0.3 is 0 Å². The van der Waals surface area contributed by atoms with Gasteiger partial charge < -0.3 is 5.32 Å². The minimum atomic E-state index is -3.56. The molecule has 138 valence electrons. The van der Waals surface area contributed by atoms with Crippen molar-refractivity contribution in [1.29, 1.82) is 0 Å². The summed E-state index contributed by atoms with van der Waals surface area (Å²) in [5, 5.41) is 2.88. The van der Waals surface area contributed by atoms with Crippen LogP contribution in [0.5, 0.6) is 0 Å². The topological polar surface area (TPSA) is 66.5 Å². The van der Waals surface area contributed by atoms with Gasteiger partial charge in [-0.05, 0) is 58.1 Å². The van der Waals surface area contributed by atoms with Crippen LogP contribution in [0, 0.1) is 6.92 Å². The number of allylic oxidation sites excluding steroid dienone is 1. The van der Waals surface area contributed by atoms with E-state index in [4.69, 9.17) is 0 Å². The lowest BCUT2D eigenvalue weighted by molar-refractivity contribution is -0.121. The molecule has 6 heteroatoms. The fourth-order valence-corrected chi connectivity index (χ4v) is 4.30. The molecule has 1 amide bonds. The molecule has 0 aromatic heterocycles. The van der Waals surface area contributed by atoms with E-state index in [0.717, 1.165) is 31.1 Å². The van der Waals surface area contributed by atoms with E-state index in [1.54, 1.807) is 19.1 Å². The summed E-state index contributed by atoms with van der Waals surface area (Å²) in [4.78, 5) is 12.5. The van der Waals surface area contributed by atoms with Crippen LogP contribution in [-0.4, -0.2) is 33.2 Å². The van der Waals surface area contributed by atoms with Gasteiger partial charge in [-0.3, -0.25) is 9.10 Å². The summed E-state index contributed by atoms with van der Waals surface area (Å²) in [6, 6.07) is 6.35. The van der Waals surface area contributed by atoms with Gasteiger partial charge in [0.2, 0.25) is 15.9 Å². The zero-order valence-electron chi connectivity index (χ0n) is 15.3. The van der Waals surface area contributed by atoms with Crippen molar-refractivity contribution in [1.82, 2.24) is 5.32 Å². The Hall–Kier alpha value is -1.82. The molecule has 1 N–H and O–H groups in total. The average Bonchev–Trinajstić information content (AvgIpc) is 2.56. The quantitative estimate of drug-likeness (QED) is 0.756. The van der Waals surface area contributed by atoms with Gasteiger partial charge in [0.1, 0.15) is 6.04 Å². The Morgan fingerprint density at radius 1 is 1.24 bits per heavy atom. The third kappa shape index (κ3) is 5.59. The highest BCUT2D eigenvalue weighted by atomic mass is 32.2. The Morgan fingerprint density at radius 3 is 2.48 bits per heavy atom. The highest BCUT2D eigenvalue weighted by Crippen LogP contribution is 2.22. The van der Waals surface area contributed by atoms with Crippen LogP contribution in [0.15, 0.2) is 35.9 Å². The molecule has 1 aliphatic rings. The second-order valence-electron chi connectivity index (χ2n) is 6.72. The molecule has 5 nitrogen and oxygen atoms in total. The first-order valence-electron chi connectivity index (χ1n) is 8.81. The number of nitrogens with one attached hydrogen (secondary N) is 1. The lowest BCUT2D eigenvalue weighted by Gasteiger charge is -2.28. The minimum absolute atomic E-state index is 0.276. The smallest absolute Gasteiger partial charge is 0.243 e. The van der Waals surface area contributed by atoms with Crippen molar-refractivity contribution in [3.63, 3.8) is 0 Å². The molecule has 25 heavy (non-hydrogen) atoms. The van der Waals surface area contributed by atoms with Gasteiger partial charge in [0.05, 0.1) is 11.9 Å². The molecule has 0 saturated heterocycles. The number of benzene rings is 1. The van der Waals surface area contributed by atoms with Crippen LogP contribution in [-0.2, 0) is 14.8 Å². The molecule has 0 bridgehead atoms. The lowest BCUT2D eigenvalue weighted by atomic mass is 9.97. The number of carbonyl (C=O) groups is 1. The first kappa shape index (κ1) is 19.5. The summed E-state index contributed by atoms with van der Waals surface area (Å²) >= 11 is 0. The second-order valence-corrected chi connectivity index (χ2v) is 8.58. The SMILES string of the molecule is Cc1ccc(N(C(C)C(=O)NCCC2=CCCCC2)S(C)(=O)=O)cc1. The molecule has 0 radical (unpaired) electrons. The molecule has 0 aliphatic heterocycles. The molecule has 2 rings (SSSR count). The fourth-order valence-electron chi connectivity index (χ4n) is 3.13. The van der Waals surface area contributed by atoms with E-state index >= 15 is 0 Å². The van der Waals surface area contributed by atoms with Crippen molar-refractivity contribution < 1.29 is 13.2 Å². The first-order chi connectivity index (χ1) is 11.8. The van der Waals surface area contributed by atoms with E-state index in [1.807, 2.05) is 19.1 Å². The van der Waals surface area contributed by atoms with Crippen molar-refractivity contribution in [2.75, 3.05) is 17.1 Å². The number of amides is 1. The Kier molecular flexibility index (Phi) is 6.64. The predicted octanol–water partition coefficient (Wildman–Crippen LogP) is 3.16. The van der Waals surface area contributed by atoms with Crippen molar-refractivity contribution in [3.8, 4) is 0 Å².